The first-order chi connectivity index (χ1) is 7.02. The van der Waals surface area contributed by atoms with Gasteiger partial charge in [0.15, 0.2) is 11.3 Å². The molecule has 15 heavy (non-hydrogen) atoms. The van der Waals surface area contributed by atoms with Gasteiger partial charge in [-0.3, -0.25) is 9.20 Å². The third-order valence-corrected chi connectivity index (χ3v) is 2.79. The number of carbonyl (C=O) groups excluding carboxylic acids is 1. The van der Waals surface area contributed by atoms with Gasteiger partial charge in [-0.1, -0.05) is 11.6 Å². The van der Waals surface area contributed by atoms with Crippen LogP contribution in [0.2, 0.25) is 5.02 Å². The molecule has 0 aliphatic carbocycles. The molecule has 78 valence electrons. The van der Waals surface area contributed by atoms with Gasteiger partial charge in [0.2, 0.25) is 0 Å². The summed E-state index contributed by atoms with van der Waals surface area (Å²) in [5, 5.41) is 0.566. The number of nitrogens with zero attached hydrogens (tertiary/aromatic N) is 3. The van der Waals surface area contributed by atoms with Gasteiger partial charge in [0.05, 0.1) is 10.7 Å². The zero-order valence-corrected chi connectivity index (χ0v) is 9.04. The van der Waals surface area contributed by atoms with Crippen LogP contribution in [0.15, 0.2) is 6.33 Å². The highest BCUT2D eigenvalue weighted by atomic mass is 35.5. The summed E-state index contributed by atoms with van der Waals surface area (Å²) in [6.07, 6.45) is 1.49. The van der Waals surface area contributed by atoms with E-state index in [1.807, 2.05) is 6.92 Å². The minimum Gasteiger partial charge on any atom is -0.364 e. The van der Waals surface area contributed by atoms with E-state index in [2.05, 4.69) is 9.97 Å². The molecule has 5 nitrogen and oxygen atoms in total. The number of fused-ring (bicyclic) bond motifs is 1. The molecule has 2 aromatic rings. The minimum absolute atomic E-state index is 0.165. The summed E-state index contributed by atoms with van der Waals surface area (Å²) < 4.78 is 1.65. The molecule has 1 amide bonds. The lowest BCUT2D eigenvalue weighted by atomic mass is 10.3. The number of hydrogen-bond donors (Lipinski definition) is 1. The van der Waals surface area contributed by atoms with Crippen molar-refractivity contribution in [2.75, 3.05) is 0 Å². The number of rotatable bonds is 1. The lowest BCUT2D eigenvalue weighted by Crippen LogP contribution is -2.12. The summed E-state index contributed by atoms with van der Waals surface area (Å²) >= 11 is 6.02. The number of nitrogens with two attached hydrogens (primary N) is 1. The van der Waals surface area contributed by atoms with Crippen LogP contribution in [0.4, 0.5) is 0 Å². The number of halogens is 1. The lowest BCUT2D eigenvalue weighted by Gasteiger charge is -2.05. The van der Waals surface area contributed by atoms with Crippen LogP contribution in [0.5, 0.6) is 0 Å². The van der Waals surface area contributed by atoms with Crippen LogP contribution in [0.25, 0.3) is 5.65 Å². The molecule has 0 aromatic carbocycles. The van der Waals surface area contributed by atoms with Crippen molar-refractivity contribution >= 4 is 23.2 Å². The summed E-state index contributed by atoms with van der Waals surface area (Å²) in [5.41, 5.74) is 7.23. The first kappa shape index (κ1) is 9.92. The third kappa shape index (κ3) is 1.35. The molecule has 0 unspecified atom stereocenters. The van der Waals surface area contributed by atoms with E-state index in [0.717, 1.165) is 5.69 Å². The summed E-state index contributed by atoms with van der Waals surface area (Å²) in [7, 11) is 0. The Kier molecular flexibility index (Phi) is 2.12. The number of carbonyl (C=O) groups is 1. The third-order valence-electron chi connectivity index (χ3n) is 2.25. The van der Waals surface area contributed by atoms with Crippen LogP contribution in [0.3, 0.4) is 0 Å². The van der Waals surface area contributed by atoms with Crippen molar-refractivity contribution in [3.63, 3.8) is 0 Å². The molecular formula is C9H9ClN4O. The lowest BCUT2D eigenvalue weighted by molar-refractivity contribution is 0.0997. The maximum Gasteiger partial charge on any atom is 0.271 e. The van der Waals surface area contributed by atoms with Gasteiger partial charge in [-0.2, -0.15) is 0 Å². The summed E-state index contributed by atoms with van der Waals surface area (Å²) in [6.45, 7) is 3.60. The van der Waals surface area contributed by atoms with Gasteiger partial charge in [0.1, 0.15) is 6.33 Å². The van der Waals surface area contributed by atoms with Gasteiger partial charge in [0.25, 0.3) is 5.91 Å². The Labute approximate surface area is 90.9 Å². The number of aryl methyl sites for hydroxylation is 2. The Bertz CT molecular complexity index is 561. The molecule has 0 radical (unpaired) electrons. The number of hydrogen-bond acceptors (Lipinski definition) is 3. The highest BCUT2D eigenvalue weighted by Crippen LogP contribution is 2.20. The quantitative estimate of drug-likeness (QED) is 0.788. The summed E-state index contributed by atoms with van der Waals surface area (Å²) in [6, 6.07) is 0. The van der Waals surface area contributed by atoms with Gasteiger partial charge in [-0.15, -0.1) is 0 Å². The van der Waals surface area contributed by atoms with Crippen LogP contribution >= 0.6 is 11.6 Å². The largest absolute Gasteiger partial charge is 0.364 e. The van der Waals surface area contributed by atoms with Crippen molar-refractivity contribution in [3.05, 3.63) is 28.4 Å². The Morgan fingerprint density at radius 1 is 1.53 bits per heavy atom. The van der Waals surface area contributed by atoms with Crippen LogP contribution in [-0.2, 0) is 0 Å². The van der Waals surface area contributed by atoms with E-state index in [4.69, 9.17) is 17.3 Å². The van der Waals surface area contributed by atoms with Crippen LogP contribution in [-0.4, -0.2) is 20.3 Å². The Morgan fingerprint density at radius 3 is 2.80 bits per heavy atom. The molecule has 2 rings (SSSR count). The van der Waals surface area contributed by atoms with Gasteiger partial charge >= 0.3 is 0 Å². The fourth-order valence-electron chi connectivity index (χ4n) is 1.44. The second-order valence-electron chi connectivity index (χ2n) is 3.25. The number of primary amides is 1. The van der Waals surface area contributed by atoms with Gasteiger partial charge < -0.3 is 5.73 Å². The van der Waals surface area contributed by atoms with Gasteiger partial charge in [-0.25, -0.2) is 9.97 Å². The average Bonchev–Trinajstić information content (AvgIpc) is 2.58. The van der Waals surface area contributed by atoms with Gasteiger partial charge in [-0.05, 0) is 13.8 Å². The fourth-order valence-corrected chi connectivity index (χ4v) is 1.58. The van der Waals surface area contributed by atoms with E-state index in [0.29, 0.717) is 16.4 Å². The molecule has 0 spiro atoms. The fraction of sp³-hybridized carbons (Fsp3) is 0.222. The molecule has 6 heteroatoms. The van der Waals surface area contributed by atoms with Crippen molar-refractivity contribution in [1.29, 1.82) is 0 Å². The van der Waals surface area contributed by atoms with Crippen molar-refractivity contribution in [2.24, 2.45) is 5.73 Å². The SMILES string of the molecule is Cc1nc2c(C(N)=O)ncn2c(C)c1Cl. The second kappa shape index (κ2) is 3.20. The monoisotopic (exact) mass is 224 g/mol. The highest BCUT2D eigenvalue weighted by Gasteiger charge is 2.15. The Morgan fingerprint density at radius 2 is 2.20 bits per heavy atom. The van der Waals surface area contributed by atoms with E-state index in [1.165, 1.54) is 6.33 Å². The van der Waals surface area contributed by atoms with E-state index >= 15 is 0 Å². The first-order valence-corrected chi connectivity index (χ1v) is 4.69. The van der Waals surface area contributed by atoms with Crippen molar-refractivity contribution in [1.82, 2.24) is 14.4 Å². The summed E-state index contributed by atoms with van der Waals surface area (Å²) in [5.74, 6) is -0.592. The molecular weight excluding hydrogens is 216 g/mol. The maximum atomic E-state index is 11.1. The van der Waals surface area contributed by atoms with Crippen molar-refractivity contribution in [2.45, 2.75) is 13.8 Å². The number of imidazole rings is 1. The predicted octanol–water partition coefficient (Wildman–Crippen LogP) is 1.10. The zero-order chi connectivity index (χ0) is 11.2. The highest BCUT2D eigenvalue weighted by molar-refractivity contribution is 6.31. The zero-order valence-electron chi connectivity index (χ0n) is 8.28. The normalized spacial score (nSPS) is 10.9. The first-order valence-electron chi connectivity index (χ1n) is 4.32. The Hall–Kier alpha value is -1.62. The average molecular weight is 225 g/mol. The molecule has 0 aliphatic rings. The number of amides is 1. The molecule has 2 N–H and O–H groups in total. The molecule has 0 aliphatic heterocycles. The maximum absolute atomic E-state index is 11.1. The topological polar surface area (TPSA) is 73.3 Å². The molecule has 2 heterocycles. The molecule has 0 bridgehead atoms. The minimum atomic E-state index is -0.592. The molecule has 0 saturated heterocycles. The Balaban J connectivity index is 2.89. The molecule has 2 aromatic heterocycles. The molecule has 0 fully saturated rings. The summed E-state index contributed by atoms with van der Waals surface area (Å²) in [4.78, 5) is 19.1. The van der Waals surface area contributed by atoms with E-state index in [-0.39, 0.29) is 5.69 Å². The van der Waals surface area contributed by atoms with E-state index in [9.17, 15) is 4.79 Å². The predicted molar refractivity (Wildman–Crippen MR) is 56.0 cm³/mol. The van der Waals surface area contributed by atoms with Crippen LogP contribution in [0, 0.1) is 13.8 Å². The van der Waals surface area contributed by atoms with E-state index < -0.39 is 5.91 Å². The smallest absolute Gasteiger partial charge is 0.271 e. The van der Waals surface area contributed by atoms with Crippen LogP contribution < -0.4 is 5.73 Å². The van der Waals surface area contributed by atoms with E-state index in [1.54, 1.807) is 11.3 Å². The van der Waals surface area contributed by atoms with Crippen molar-refractivity contribution in [3.8, 4) is 0 Å². The standard InChI is InChI=1S/C9H9ClN4O/c1-4-6(10)5(2)14-3-12-7(8(11)15)9(14)13-4/h3H,1-2H3,(H2,11,15). The van der Waals surface area contributed by atoms with Crippen molar-refractivity contribution < 1.29 is 4.79 Å². The second-order valence-corrected chi connectivity index (χ2v) is 3.63. The van der Waals surface area contributed by atoms with Gasteiger partial charge in [0, 0.05) is 5.69 Å². The van der Waals surface area contributed by atoms with Crippen LogP contribution in [0.1, 0.15) is 21.9 Å². The molecule has 0 atom stereocenters. The number of aromatic nitrogens is 3. The molecule has 0 saturated carbocycles.